The number of hydrogen-bond donors (Lipinski definition) is 1. The van der Waals surface area contributed by atoms with E-state index in [4.69, 9.17) is 9.47 Å². The molecule has 0 saturated carbocycles. The Balaban J connectivity index is 1.93. The summed E-state index contributed by atoms with van der Waals surface area (Å²) >= 11 is 1.74. The lowest BCUT2D eigenvalue weighted by atomic mass is 10.1. The Hall–Kier alpha value is -1.52. The monoisotopic (exact) mass is 291 g/mol. The summed E-state index contributed by atoms with van der Waals surface area (Å²) in [5.74, 6) is 1.68. The van der Waals surface area contributed by atoms with Gasteiger partial charge in [-0.2, -0.15) is 11.3 Å². The van der Waals surface area contributed by atoms with Crippen molar-refractivity contribution in [2.24, 2.45) is 0 Å². The summed E-state index contributed by atoms with van der Waals surface area (Å²) in [5.41, 5.74) is 2.53. The van der Waals surface area contributed by atoms with Crippen molar-refractivity contribution in [3.63, 3.8) is 0 Å². The molecule has 3 nitrogen and oxygen atoms in total. The van der Waals surface area contributed by atoms with Gasteiger partial charge in [-0.1, -0.05) is 6.07 Å². The summed E-state index contributed by atoms with van der Waals surface area (Å²) in [6, 6.07) is 8.53. The van der Waals surface area contributed by atoms with E-state index in [0.29, 0.717) is 6.04 Å². The molecule has 4 heteroatoms. The molecule has 2 rings (SSSR count). The third-order valence-corrected chi connectivity index (χ3v) is 3.99. The summed E-state index contributed by atoms with van der Waals surface area (Å²) in [7, 11) is 3.35. The van der Waals surface area contributed by atoms with Crippen molar-refractivity contribution in [1.29, 1.82) is 0 Å². The maximum absolute atomic E-state index is 5.41. The molecule has 1 N–H and O–H groups in total. The van der Waals surface area contributed by atoms with E-state index in [1.807, 2.05) is 18.2 Å². The second-order valence-corrected chi connectivity index (χ2v) is 5.58. The van der Waals surface area contributed by atoms with Crippen molar-refractivity contribution in [2.45, 2.75) is 25.9 Å². The second-order valence-electron chi connectivity index (χ2n) is 4.80. The second kappa shape index (κ2) is 7.31. The molecule has 108 valence electrons. The SMILES string of the molecule is COc1ccc(CNC(C)Cc2ccsc2)c(OC)c1. The number of methoxy groups -OCH3 is 2. The minimum Gasteiger partial charge on any atom is -0.497 e. The average Bonchev–Trinajstić information content (AvgIpc) is 2.97. The van der Waals surface area contributed by atoms with Gasteiger partial charge in [0.05, 0.1) is 14.2 Å². The Morgan fingerprint density at radius 2 is 2.05 bits per heavy atom. The number of hydrogen-bond acceptors (Lipinski definition) is 4. The summed E-state index contributed by atoms with van der Waals surface area (Å²) in [4.78, 5) is 0. The number of thiophene rings is 1. The molecule has 1 atom stereocenters. The van der Waals surface area contributed by atoms with Crippen molar-refractivity contribution in [2.75, 3.05) is 14.2 Å². The summed E-state index contributed by atoms with van der Waals surface area (Å²) < 4.78 is 10.6. The summed E-state index contributed by atoms with van der Waals surface area (Å²) in [6.45, 7) is 2.99. The highest BCUT2D eigenvalue weighted by atomic mass is 32.1. The third-order valence-electron chi connectivity index (χ3n) is 3.26. The molecular formula is C16H21NO2S. The first kappa shape index (κ1) is 14.9. The van der Waals surface area contributed by atoms with Crippen LogP contribution in [0.5, 0.6) is 11.5 Å². The molecule has 0 saturated heterocycles. The molecule has 0 fully saturated rings. The number of benzene rings is 1. The fraction of sp³-hybridized carbons (Fsp3) is 0.375. The van der Waals surface area contributed by atoms with Crippen LogP contribution in [0, 0.1) is 0 Å². The predicted molar refractivity (Wildman–Crippen MR) is 83.9 cm³/mol. The zero-order chi connectivity index (χ0) is 14.4. The van der Waals surface area contributed by atoms with Crippen LogP contribution < -0.4 is 14.8 Å². The first-order chi connectivity index (χ1) is 9.72. The molecule has 1 aromatic heterocycles. The predicted octanol–water partition coefficient (Wildman–Crippen LogP) is 3.49. The van der Waals surface area contributed by atoms with Crippen LogP contribution in [0.1, 0.15) is 18.1 Å². The smallest absolute Gasteiger partial charge is 0.127 e. The number of ether oxygens (including phenoxy) is 2. The zero-order valence-corrected chi connectivity index (χ0v) is 13.0. The lowest BCUT2D eigenvalue weighted by Crippen LogP contribution is -2.27. The largest absolute Gasteiger partial charge is 0.497 e. The van der Waals surface area contributed by atoms with Crippen LogP contribution in [0.2, 0.25) is 0 Å². The lowest BCUT2D eigenvalue weighted by Gasteiger charge is -2.15. The van der Waals surface area contributed by atoms with Crippen LogP contribution in [0.3, 0.4) is 0 Å². The maximum Gasteiger partial charge on any atom is 0.127 e. The van der Waals surface area contributed by atoms with Gasteiger partial charge in [0.2, 0.25) is 0 Å². The maximum atomic E-state index is 5.41. The quantitative estimate of drug-likeness (QED) is 0.847. The summed E-state index contributed by atoms with van der Waals surface area (Å²) in [6.07, 6.45) is 1.04. The molecule has 20 heavy (non-hydrogen) atoms. The van der Waals surface area contributed by atoms with E-state index in [1.54, 1.807) is 25.6 Å². The third kappa shape index (κ3) is 3.99. The van der Waals surface area contributed by atoms with Crippen LogP contribution in [0.4, 0.5) is 0 Å². The van der Waals surface area contributed by atoms with E-state index in [0.717, 1.165) is 30.0 Å². The number of rotatable bonds is 7. The van der Waals surface area contributed by atoms with Crippen LogP contribution in [0.25, 0.3) is 0 Å². The molecule has 0 amide bonds. The standard InChI is InChI=1S/C16H21NO2S/c1-12(8-13-6-7-20-11-13)17-10-14-4-5-15(18-2)9-16(14)19-3/h4-7,9,11-12,17H,8,10H2,1-3H3. The molecule has 0 aliphatic heterocycles. The van der Waals surface area contributed by atoms with Gasteiger partial charge in [0.1, 0.15) is 11.5 Å². The molecule has 1 unspecified atom stereocenters. The Kier molecular flexibility index (Phi) is 5.44. The highest BCUT2D eigenvalue weighted by Crippen LogP contribution is 2.24. The highest BCUT2D eigenvalue weighted by molar-refractivity contribution is 7.07. The van der Waals surface area contributed by atoms with Gasteiger partial charge in [-0.3, -0.25) is 0 Å². The van der Waals surface area contributed by atoms with E-state index >= 15 is 0 Å². The summed E-state index contributed by atoms with van der Waals surface area (Å²) in [5, 5.41) is 7.85. The molecule has 0 aliphatic rings. The van der Waals surface area contributed by atoms with Gasteiger partial charge in [-0.15, -0.1) is 0 Å². The fourth-order valence-corrected chi connectivity index (χ4v) is 2.80. The molecule has 0 radical (unpaired) electrons. The Bertz CT molecular complexity index is 525. The van der Waals surface area contributed by atoms with Crippen molar-refractivity contribution in [1.82, 2.24) is 5.32 Å². The number of nitrogens with one attached hydrogen (secondary N) is 1. The van der Waals surface area contributed by atoms with Gasteiger partial charge in [0, 0.05) is 24.2 Å². The van der Waals surface area contributed by atoms with Gasteiger partial charge in [-0.25, -0.2) is 0 Å². The van der Waals surface area contributed by atoms with E-state index in [1.165, 1.54) is 5.56 Å². The lowest BCUT2D eigenvalue weighted by molar-refractivity contribution is 0.388. The van der Waals surface area contributed by atoms with E-state index < -0.39 is 0 Å². The first-order valence-corrected chi connectivity index (χ1v) is 7.62. The van der Waals surface area contributed by atoms with E-state index in [-0.39, 0.29) is 0 Å². The molecule has 0 aliphatic carbocycles. The molecule has 1 aromatic carbocycles. The molecule has 0 spiro atoms. The topological polar surface area (TPSA) is 30.5 Å². The van der Waals surface area contributed by atoms with Crippen LogP contribution >= 0.6 is 11.3 Å². The average molecular weight is 291 g/mol. The Labute approximate surface area is 124 Å². The van der Waals surface area contributed by atoms with Crippen LogP contribution in [-0.4, -0.2) is 20.3 Å². The molecular weight excluding hydrogens is 270 g/mol. The normalized spacial score (nSPS) is 12.2. The van der Waals surface area contributed by atoms with Crippen molar-refractivity contribution >= 4 is 11.3 Å². The van der Waals surface area contributed by atoms with Gasteiger partial charge in [0.15, 0.2) is 0 Å². The fourth-order valence-electron chi connectivity index (χ4n) is 2.12. The van der Waals surface area contributed by atoms with E-state index in [9.17, 15) is 0 Å². The van der Waals surface area contributed by atoms with Gasteiger partial charge < -0.3 is 14.8 Å². The highest BCUT2D eigenvalue weighted by Gasteiger charge is 2.08. The van der Waals surface area contributed by atoms with E-state index in [2.05, 4.69) is 29.1 Å². The zero-order valence-electron chi connectivity index (χ0n) is 12.2. The minimum absolute atomic E-state index is 0.427. The van der Waals surface area contributed by atoms with Crippen molar-refractivity contribution in [3.05, 3.63) is 46.2 Å². The molecule has 0 bridgehead atoms. The van der Waals surface area contributed by atoms with Crippen LogP contribution in [0.15, 0.2) is 35.0 Å². The van der Waals surface area contributed by atoms with Gasteiger partial charge >= 0.3 is 0 Å². The van der Waals surface area contributed by atoms with Gasteiger partial charge in [0.25, 0.3) is 0 Å². The molecule has 2 aromatic rings. The van der Waals surface area contributed by atoms with Crippen molar-refractivity contribution < 1.29 is 9.47 Å². The Morgan fingerprint density at radius 3 is 2.70 bits per heavy atom. The van der Waals surface area contributed by atoms with Crippen LogP contribution in [-0.2, 0) is 13.0 Å². The molecule has 1 heterocycles. The van der Waals surface area contributed by atoms with Gasteiger partial charge in [-0.05, 0) is 41.8 Å². The van der Waals surface area contributed by atoms with Crippen molar-refractivity contribution in [3.8, 4) is 11.5 Å². The minimum atomic E-state index is 0.427. The first-order valence-electron chi connectivity index (χ1n) is 6.68. The Morgan fingerprint density at radius 1 is 1.20 bits per heavy atom.